The molecule has 0 unspecified atom stereocenters. The Bertz CT molecular complexity index is 750. The molecule has 128 valence electrons. The van der Waals surface area contributed by atoms with E-state index in [1.165, 1.54) is 12.4 Å². The number of esters is 2. The number of carbonyl (C=O) groups excluding carboxylic acids is 2. The molecule has 0 aliphatic heterocycles. The number of hydrogen-bond donors (Lipinski definition) is 1. The highest BCUT2D eigenvalue weighted by Gasteiger charge is 2.08. The van der Waals surface area contributed by atoms with Crippen LogP contribution in [-0.2, 0) is 9.47 Å². The predicted molar refractivity (Wildman–Crippen MR) is 83.8 cm³/mol. The molecule has 9 nitrogen and oxygen atoms in total. The second kappa shape index (κ2) is 10.1. The van der Waals surface area contributed by atoms with Crippen LogP contribution >= 0.6 is 11.6 Å². The molecule has 0 aliphatic rings. The summed E-state index contributed by atoms with van der Waals surface area (Å²) < 4.78 is 9.32. The third-order valence-corrected chi connectivity index (χ3v) is 2.49. The van der Waals surface area contributed by atoms with Crippen LogP contribution in [-0.4, -0.2) is 45.1 Å². The van der Waals surface area contributed by atoms with Gasteiger partial charge in [0.1, 0.15) is 11.5 Å². The Morgan fingerprint density at radius 3 is 2.12 bits per heavy atom. The Balaban J connectivity index is 0.000000240. The SMILES string of the molecule is CCOC(=O)c1cc(=O)[nH]cn1.CCOC(=O)c1cc(Cl)ncn1. The minimum absolute atomic E-state index is 0.0283. The Morgan fingerprint density at radius 2 is 1.62 bits per heavy atom. The van der Waals surface area contributed by atoms with Crippen molar-refractivity contribution >= 4 is 23.5 Å². The van der Waals surface area contributed by atoms with Gasteiger partial charge in [-0.15, -0.1) is 0 Å². The molecule has 2 rings (SSSR count). The van der Waals surface area contributed by atoms with Crippen molar-refractivity contribution in [1.82, 2.24) is 19.9 Å². The van der Waals surface area contributed by atoms with Crippen LogP contribution in [0.4, 0.5) is 0 Å². The summed E-state index contributed by atoms with van der Waals surface area (Å²) in [4.78, 5) is 45.9. The van der Waals surface area contributed by atoms with E-state index in [9.17, 15) is 14.4 Å². The van der Waals surface area contributed by atoms with Crippen LogP contribution < -0.4 is 5.56 Å². The average molecular weight is 355 g/mol. The van der Waals surface area contributed by atoms with E-state index in [0.29, 0.717) is 6.61 Å². The maximum atomic E-state index is 11.0. The molecule has 10 heteroatoms. The summed E-state index contributed by atoms with van der Waals surface area (Å²) >= 11 is 5.53. The van der Waals surface area contributed by atoms with Gasteiger partial charge in [-0.1, -0.05) is 11.6 Å². The largest absolute Gasteiger partial charge is 0.461 e. The smallest absolute Gasteiger partial charge is 0.357 e. The first-order valence-electron chi connectivity index (χ1n) is 6.84. The van der Waals surface area contributed by atoms with Gasteiger partial charge in [-0.25, -0.2) is 24.5 Å². The van der Waals surface area contributed by atoms with Gasteiger partial charge in [-0.3, -0.25) is 4.79 Å². The van der Waals surface area contributed by atoms with Crippen molar-refractivity contribution in [2.24, 2.45) is 0 Å². The molecule has 0 spiro atoms. The van der Waals surface area contributed by atoms with Gasteiger partial charge in [0.15, 0.2) is 11.4 Å². The molecule has 0 bridgehead atoms. The molecule has 24 heavy (non-hydrogen) atoms. The van der Waals surface area contributed by atoms with Crippen LogP contribution in [0.3, 0.4) is 0 Å². The first-order chi connectivity index (χ1) is 11.5. The second-order valence-corrected chi connectivity index (χ2v) is 4.35. The van der Waals surface area contributed by atoms with Crippen LogP contribution in [0.1, 0.15) is 34.8 Å². The lowest BCUT2D eigenvalue weighted by atomic mass is 10.4. The average Bonchev–Trinajstić information content (AvgIpc) is 2.56. The highest BCUT2D eigenvalue weighted by Crippen LogP contribution is 2.04. The van der Waals surface area contributed by atoms with Crippen molar-refractivity contribution in [2.45, 2.75) is 13.8 Å². The number of halogens is 1. The zero-order valence-electron chi connectivity index (χ0n) is 13.0. The number of hydrogen-bond acceptors (Lipinski definition) is 8. The number of nitrogens with one attached hydrogen (secondary N) is 1. The van der Waals surface area contributed by atoms with Gasteiger partial charge >= 0.3 is 11.9 Å². The normalized spacial score (nSPS) is 9.46. The fourth-order valence-corrected chi connectivity index (χ4v) is 1.48. The molecule has 2 aromatic heterocycles. The van der Waals surface area contributed by atoms with Crippen LogP contribution in [0.15, 0.2) is 29.6 Å². The maximum absolute atomic E-state index is 11.0. The molecule has 0 saturated carbocycles. The van der Waals surface area contributed by atoms with Crippen molar-refractivity contribution in [3.8, 4) is 0 Å². The van der Waals surface area contributed by atoms with E-state index in [1.54, 1.807) is 13.8 Å². The minimum Gasteiger partial charge on any atom is -0.461 e. The molecule has 0 fully saturated rings. The van der Waals surface area contributed by atoms with E-state index in [1.807, 2.05) is 0 Å². The monoisotopic (exact) mass is 354 g/mol. The van der Waals surface area contributed by atoms with Gasteiger partial charge in [0, 0.05) is 12.1 Å². The molecule has 0 aliphatic carbocycles. The number of H-pyrrole nitrogens is 1. The lowest BCUT2D eigenvalue weighted by molar-refractivity contribution is 0.0509. The van der Waals surface area contributed by atoms with Crippen LogP contribution in [0.2, 0.25) is 5.15 Å². The summed E-state index contributed by atoms with van der Waals surface area (Å²) in [5.74, 6) is -1.06. The van der Waals surface area contributed by atoms with E-state index in [4.69, 9.17) is 16.3 Å². The van der Waals surface area contributed by atoms with E-state index in [0.717, 1.165) is 12.4 Å². The van der Waals surface area contributed by atoms with E-state index in [-0.39, 0.29) is 28.7 Å². The Kier molecular flexibility index (Phi) is 8.06. The number of ether oxygens (including phenoxy) is 2. The number of aromatic amines is 1. The molecule has 0 amide bonds. The van der Waals surface area contributed by atoms with Crippen molar-refractivity contribution < 1.29 is 19.1 Å². The molecule has 2 heterocycles. The topological polar surface area (TPSA) is 124 Å². The quantitative estimate of drug-likeness (QED) is 0.642. The summed E-state index contributed by atoms with van der Waals surface area (Å²) in [6.45, 7) is 4.00. The van der Waals surface area contributed by atoms with Gasteiger partial charge in [0.25, 0.3) is 5.56 Å². The third kappa shape index (κ3) is 6.53. The lowest BCUT2D eigenvalue weighted by Crippen LogP contribution is -2.13. The highest BCUT2D eigenvalue weighted by molar-refractivity contribution is 6.29. The Labute approximate surface area is 142 Å². The molecule has 0 radical (unpaired) electrons. The standard InChI is InChI=1S/C7H7ClN2O2.C7H8N2O3/c1-2-12-7(11)5-3-6(8)10-4-9-5;1-2-12-7(11)5-3-6(10)9-4-8-5/h3-4H,2H2,1H3;3-4H,2H2,1H3,(H,8,9,10). The summed E-state index contributed by atoms with van der Waals surface area (Å²) in [6.07, 6.45) is 2.38. The highest BCUT2D eigenvalue weighted by atomic mass is 35.5. The summed E-state index contributed by atoms with van der Waals surface area (Å²) in [5.41, 5.74) is -0.162. The molecule has 2 aromatic rings. The Hall–Kier alpha value is -2.81. The predicted octanol–water partition coefficient (Wildman–Crippen LogP) is 1.25. The number of rotatable bonds is 4. The lowest BCUT2D eigenvalue weighted by Gasteiger charge is -1.99. The Morgan fingerprint density at radius 1 is 1.04 bits per heavy atom. The van der Waals surface area contributed by atoms with Gasteiger partial charge in [0.05, 0.1) is 19.5 Å². The number of nitrogens with zero attached hydrogens (tertiary/aromatic N) is 3. The molecule has 0 saturated heterocycles. The summed E-state index contributed by atoms with van der Waals surface area (Å²) in [5, 5.41) is 0.230. The fraction of sp³-hybridized carbons (Fsp3) is 0.286. The molecule has 1 N–H and O–H groups in total. The van der Waals surface area contributed by atoms with Crippen molar-refractivity contribution in [2.75, 3.05) is 13.2 Å². The van der Waals surface area contributed by atoms with E-state index >= 15 is 0 Å². The summed E-state index contributed by atoms with van der Waals surface area (Å²) in [7, 11) is 0. The molecule has 0 atom stereocenters. The maximum Gasteiger partial charge on any atom is 0.357 e. The van der Waals surface area contributed by atoms with Crippen molar-refractivity contribution in [1.29, 1.82) is 0 Å². The fourth-order valence-electron chi connectivity index (χ4n) is 1.34. The first kappa shape index (κ1) is 19.2. The minimum atomic E-state index is -0.580. The number of aromatic nitrogens is 4. The molecular formula is C14H15ClN4O5. The van der Waals surface area contributed by atoms with Gasteiger partial charge in [-0.2, -0.15) is 0 Å². The summed E-state index contributed by atoms with van der Waals surface area (Å²) in [6, 6.07) is 2.46. The van der Waals surface area contributed by atoms with Gasteiger partial charge in [0.2, 0.25) is 0 Å². The van der Waals surface area contributed by atoms with Gasteiger partial charge in [-0.05, 0) is 13.8 Å². The third-order valence-electron chi connectivity index (χ3n) is 2.28. The van der Waals surface area contributed by atoms with Crippen LogP contribution in [0.5, 0.6) is 0 Å². The zero-order chi connectivity index (χ0) is 17.9. The van der Waals surface area contributed by atoms with Crippen molar-refractivity contribution in [3.63, 3.8) is 0 Å². The van der Waals surface area contributed by atoms with Crippen LogP contribution in [0, 0.1) is 0 Å². The van der Waals surface area contributed by atoms with Gasteiger partial charge < -0.3 is 14.5 Å². The second-order valence-electron chi connectivity index (χ2n) is 3.96. The molecule has 0 aromatic carbocycles. The van der Waals surface area contributed by atoms with E-state index < -0.39 is 11.9 Å². The van der Waals surface area contributed by atoms with Crippen molar-refractivity contribution in [3.05, 3.63) is 51.7 Å². The van der Waals surface area contributed by atoms with Crippen LogP contribution in [0.25, 0.3) is 0 Å². The molecular weight excluding hydrogens is 340 g/mol. The van der Waals surface area contributed by atoms with E-state index in [2.05, 4.69) is 24.7 Å². The number of carbonyl (C=O) groups is 2. The first-order valence-corrected chi connectivity index (χ1v) is 7.22. The zero-order valence-corrected chi connectivity index (χ0v) is 13.7.